The van der Waals surface area contributed by atoms with Gasteiger partial charge in [-0.05, 0) is 19.3 Å². The first kappa shape index (κ1) is 17.6. The standard InChI is InChI=1S/C12H27NO.ClH/c1-4-7-12(8-5-2,9-6-3)14-11-10-13;/h4-11,13H2,1-3H3;1H. The highest BCUT2D eigenvalue weighted by atomic mass is 35.5. The topological polar surface area (TPSA) is 35.2 Å². The third kappa shape index (κ3) is 7.15. The molecular weight excluding hydrogens is 210 g/mol. The van der Waals surface area contributed by atoms with Crippen LogP contribution in [-0.4, -0.2) is 18.8 Å². The van der Waals surface area contributed by atoms with Crippen LogP contribution in [0.5, 0.6) is 0 Å². The molecule has 0 aromatic carbocycles. The van der Waals surface area contributed by atoms with Crippen LogP contribution in [0.3, 0.4) is 0 Å². The van der Waals surface area contributed by atoms with E-state index in [2.05, 4.69) is 20.8 Å². The van der Waals surface area contributed by atoms with Crippen LogP contribution in [0.4, 0.5) is 0 Å². The molecule has 0 spiro atoms. The van der Waals surface area contributed by atoms with Crippen molar-refractivity contribution in [2.45, 2.75) is 64.9 Å². The monoisotopic (exact) mass is 237 g/mol. The Balaban J connectivity index is 0. The van der Waals surface area contributed by atoms with Gasteiger partial charge in [0.15, 0.2) is 0 Å². The molecule has 0 aromatic heterocycles. The number of hydrogen-bond acceptors (Lipinski definition) is 2. The Morgan fingerprint density at radius 1 is 0.933 bits per heavy atom. The summed E-state index contributed by atoms with van der Waals surface area (Å²) in [5.74, 6) is 0. The molecular formula is C12H28ClNO. The second-order valence-corrected chi connectivity index (χ2v) is 4.07. The summed E-state index contributed by atoms with van der Waals surface area (Å²) in [5.41, 5.74) is 5.62. The molecule has 0 atom stereocenters. The van der Waals surface area contributed by atoms with E-state index in [1.165, 1.54) is 38.5 Å². The average Bonchev–Trinajstić information content (AvgIpc) is 2.16. The largest absolute Gasteiger partial charge is 0.374 e. The molecule has 0 radical (unpaired) electrons. The first-order valence-corrected chi connectivity index (χ1v) is 6.08. The van der Waals surface area contributed by atoms with Crippen LogP contribution in [-0.2, 0) is 4.74 Å². The van der Waals surface area contributed by atoms with Gasteiger partial charge in [0.05, 0.1) is 12.2 Å². The van der Waals surface area contributed by atoms with Crippen molar-refractivity contribution in [3.8, 4) is 0 Å². The zero-order valence-electron chi connectivity index (χ0n) is 10.6. The first-order valence-electron chi connectivity index (χ1n) is 6.08. The Hall–Kier alpha value is 0.210. The van der Waals surface area contributed by atoms with Gasteiger partial charge < -0.3 is 10.5 Å². The molecule has 2 nitrogen and oxygen atoms in total. The van der Waals surface area contributed by atoms with Gasteiger partial charge >= 0.3 is 0 Å². The van der Waals surface area contributed by atoms with E-state index in [0.717, 1.165) is 0 Å². The minimum atomic E-state index is 0. The molecule has 2 N–H and O–H groups in total. The fraction of sp³-hybridized carbons (Fsp3) is 1.00. The maximum atomic E-state index is 5.98. The summed E-state index contributed by atoms with van der Waals surface area (Å²) in [6.45, 7) is 8.03. The summed E-state index contributed by atoms with van der Waals surface area (Å²) >= 11 is 0. The summed E-state index contributed by atoms with van der Waals surface area (Å²) in [6.07, 6.45) is 7.12. The van der Waals surface area contributed by atoms with Gasteiger partial charge in [-0.2, -0.15) is 0 Å². The van der Waals surface area contributed by atoms with Crippen molar-refractivity contribution in [3.05, 3.63) is 0 Å². The van der Waals surface area contributed by atoms with Gasteiger partial charge in [0.25, 0.3) is 0 Å². The molecule has 0 aliphatic rings. The maximum Gasteiger partial charge on any atom is 0.0683 e. The van der Waals surface area contributed by atoms with Crippen molar-refractivity contribution in [1.29, 1.82) is 0 Å². The normalized spacial score (nSPS) is 11.2. The highest BCUT2D eigenvalue weighted by Gasteiger charge is 2.27. The molecule has 0 aliphatic carbocycles. The average molecular weight is 238 g/mol. The Kier molecular flexibility index (Phi) is 12.6. The number of rotatable bonds is 9. The minimum absolute atomic E-state index is 0. The Morgan fingerprint density at radius 2 is 1.33 bits per heavy atom. The fourth-order valence-corrected chi connectivity index (χ4v) is 2.23. The Labute approximate surface area is 101 Å². The van der Waals surface area contributed by atoms with Crippen LogP contribution >= 0.6 is 12.4 Å². The number of halogens is 1. The molecule has 0 saturated heterocycles. The Bertz CT molecular complexity index is 114. The number of hydrogen-bond donors (Lipinski definition) is 1. The van der Waals surface area contributed by atoms with Gasteiger partial charge in [0.2, 0.25) is 0 Å². The SMILES string of the molecule is CCCC(CCC)(CCC)OCCN.Cl. The van der Waals surface area contributed by atoms with Crippen molar-refractivity contribution in [3.63, 3.8) is 0 Å². The van der Waals surface area contributed by atoms with Gasteiger partial charge in [-0.1, -0.05) is 40.0 Å². The van der Waals surface area contributed by atoms with Crippen LogP contribution in [0.1, 0.15) is 59.3 Å². The predicted octanol–water partition coefficient (Wildman–Crippen LogP) is 3.52. The van der Waals surface area contributed by atoms with Gasteiger partial charge in [0, 0.05) is 6.54 Å². The van der Waals surface area contributed by atoms with Crippen molar-refractivity contribution >= 4 is 12.4 Å². The summed E-state index contributed by atoms with van der Waals surface area (Å²) < 4.78 is 5.98. The van der Waals surface area contributed by atoms with Crippen LogP contribution in [0.2, 0.25) is 0 Å². The van der Waals surface area contributed by atoms with Crippen LogP contribution in [0, 0.1) is 0 Å². The molecule has 0 saturated carbocycles. The smallest absolute Gasteiger partial charge is 0.0683 e. The molecule has 94 valence electrons. The summed E-state index contributed by atoms with van der Waals surface area (Å²) in [4.78, 5) is 0. The maximum absolute atomic E-state index is 5.98. The third-order valence-corrected chi connectivity index (χ3v) is 2.64. The summed E-state index contributed by atoms with van der Waals surface area (Å²) in [6, 6.07) is 0. The quantitative estimate of drug-likeness (QED) is 0.666. The lowest BCUT2D eigenvalue weighted by Crippen LogP contribution is -2.34. The molecule has 0 rings (SSSR count). The molecule has 0 amide bonds. The molecule has 3 heteroatoms. The second kappa shape index (κ2) is 10.7. The van der Waals surface area contributed by atoms with Crippen LogP contribution in [0.25, 0.3) is 0 Å². The number of ether oxygens (including phenoxy) is 1. The molecule has 0 heterocycles. The highest BCUT2D eigenvalue weighted by Crippen LogP contribution is 2.29. The van der Waals surface area contributed by atoms with Crippen molar-refractivity contribution in [2.75, 3.05) is 13.2 Å². The van der Waals surface area contributed by atoms with Crippen LogP contribution in [0.15, 0.2) is 0 Å². The zero-order chi connectivity index (χ0) is 10.9. The lowest BCUT2D eigenvalue weighted by molar-refractivity contribution is -0.0614. The van der Waals surface area contributed by atoms with Crippen molar-refractivity contribution in [2.24, 2.45) is 5.73 Å². The first-order chi connectivity index (χ1) is 6.74. The van der Waals surface area contributed by atoms with Gasteiger partial charge in [-0.25, -0.2) is 0 Å². The summed E-state index contributed by atoms with van der Waals surface area (Å²) in [7, 11) is 0. The third-order valence-electron chi connectivity index (χ3n) is 2.64. The van der Waals surface area contributed by atoms with E-state index in [9.17, 15) is 0 Å². The molecule has 0 unspecified atom stereocenters. The highest BCUT2D eigenvalue weighted by molar-refractivity contribution is 5.85. The predicted molar refractivity (Wildman–Crippen MR) is 69.7 cm³/mol. The van der Waals surface area contributed by atoms with E-state index in [1.807, 2.05) is 0 Å². The summed E-state index contributed by atoms with van der Waals surface area (Å²) in [5, 5.41) is 0. The minimum Gasteiger partial charge on any atom is -0.374 e. The van der Waals surface area contributed by atoms with E-state index in [0.29, 0.717) is 13.2 Å². The molecule has 0 bridgehead atoms. The van der Waals surface area contributed by atoms with E-state index in [-0.39, 0.29) is 18.0 Å². The van der Waals surface area contributed by atoms with Crippen molar-refractivity contribution < 1.29 is 4.74 Å². The molecule has 0 aliphatic heterocycles. The van der Waals surface area contributed by atoms with Crippen molar-refractivity contribution in [1.82, 2.24) is 0 Å². The molecule has 15 heavy (non-hydrogen) atoms. The molecule has 0 aromatic rings. The lowest BCUT2D eigenvalue weighted by Gasteiger charge is -2.33. The Morgan fingerprint density at radius 3 is 1.60 bits per heavy atom. The molecule has 0 fully saturated rings. The second-order valence-electron chi connectivity index (χ2n) is 4.07. The van der Waals surface area contributed by atoms with E-state index < -0.39 is 0 Å². The van der Waals surface area contributed by atoms with E-state index in [1.54, 1.807) is 0 Å². The van der Waals surface area contributed by atoms with Crippen LogP contribution < -0.4 is 5.73 Å². The van der Waals surface area contributed by atoms with E-state index >= 15 is 0 Å². The zero-order valence-corrected chi connectivity index (χ0v) is 11.4. The van der Waals surface area contributed by atoms with Gasteiger partial charge in [-0.15, -0.1) is 12.4 Å². The van der Waals surface area contributed by atoms with Gasteiger partial charge in [-0.3, -0.25) is 0 Å². The van der Waals surface area contributed by atoms with E-state index in [4.69, 9.17) is 10.5 Å². The number of nitrogens with two attached hydrogens (primary N) is 1. The lowest BCUT2D eigenvalue weighted by atomic mass is 9.88. The van der Waals surface area contributed by atoms with Gasteiger partial charge in [0.1, 0.15) is 0 Å². The fourth-order valence-electron chi connectivity index (χ4n) is 2.23.